The molecule has 1 aromatic carbocycles. The lowest BCUT2D eigenvalue weighted by molar-refractivity contribution is 0.0789. The van der Waals surface area contributed by atoms with Crippen LogP contribution in [0.3, 0.4) is 0 Å². The standard InChI is InChI=1S/C13H17N3O3/c1-19-13(18)15-9-6-7-16(8-9)12(17)10-4-2-3-5-11(10)14/h2-5,9H,6-8,14H2,1H3,(H,15,18). The van der Waals surface area contributed by atoms with Crippen LogP contribution in [0.4, 0.5) is 10.5 Å². The summed E-state index contributed by atoms with van der Waals surface area (Å²) in [6, 6.07) is 6.91. The van der Waals surface area contributed by atoms with E-state index in [9.17, 15) is 9.59 Å². The Morgan fingerprint density at radius 1 is 1.42 bits per heavy atom. The second kappa shape index (κ2) is 5.60. The van der Waals surface area contributed by atoms with Crippen LogP contribution in [-0.4, -0.2) is 43.1 Å². The molecule has 1 unspecified atom stereocenters. The Morgan fingerprint density at radius 3 is 2.84 bits per heavy atom. The number of carbonyl (C=O) groups excluding carboxylic acids is 2. The molecule has 102 valence electrons. The number of alkyl carbamates (subject to hydrolysis) is 1. The average molecular weight is 263 g/mol. The van der Waals surface area contributed by atoms with Gasteiger partial charge in [0, 0.05) is 18.8 Å². The summed E-state index contributed by atoms with van der Waals surface area (Å²) in [5, 5.41) is 2.69. The SMILES string of the molecule is COC(=O)NC1CCN(C(=O)c2ccccc2N)C1. The molecular weight excluding hydrogens is 246 g/mol. The van der Waals surface area contributed by atoms with E-state index < -0.39 is 6.09 Å². The minimum Gasteiger partial charge on any atom is -0.453 e. The van der Waals surface area contributed by atoms with E-state index in [0.29, 0.717) is 30.8 Å². The monoisotopic (exact) mass is 263 g/mol. The first-order valence-corrected chi connectivity index (χ1v) is 6.10. The number of hydrogen-bond acceptors (Lipinski definition) is 4. The molecule has 0 saturated carbocycles. The van der Waals surface area contributed by atoms with Gasteiger partial charge in [-0.05, 0) is 18.6 Å². The van der Waals surface area contributed by atoms with E-state index in [1.54, 1.807) is 29.2 Å². The number of para-hydroxylation sites is 1. The molecule has 1 aliphatic rings. The Hall–Kier alpha value is -2.24. The first-order valence-electron chi connectivity index (χ1n) is 6.10. The second-order valence-corrected chi connectivity index (χ2v) is 4.46. The Labute approximate surface area is 111 Å². The van der Waals surface area contributed by atoms with Crippen LogP contribution in [0.2, 0.25) is 0 Å². The van der Waals surface area contributed by atoms with Crippen LogP contribution in [0, 0.1) is 0 Å². The molecule has 0 aromatic heterocycles. The molecule has 0 spiro atoms. The van der Waals surface area contributed by atoms with Crippen molar-refractivity contribution in [3.63, 3.8) is 0 Å². The summed E-state index contributed by atoms with van der Waals surface area (Å²) in [6.45, 7) is 1.07. The molecule has 1 aromatic rings. The van der Waals surface area contributed by atoms with E-state index >= 15 is 0 Å². The van der Waals surface area contributed by atoms with Crippen LogP contribution < -0.4 is 11.1 Å². The van der Waals surface area contributed by atoms with Gasteiger partial charge < -0.3 is 20.7 Å². The summed E-state index contributed by atoms with van der Waals surface area (Å²) in [6.07, 6.45) is 0.242. The summed E-state index contributed by atoms with van der Waals surface area (Å²) >= 11 is 0. The number of hydrogen-bond donors (Lipinski definition) is 2. The van der Waals surface area contributed by atoms with Crippen molar-refractivity contribution >= 4 is 17.7 Å². The maximum Gasteiger partial charge on any atom is 0.407 e. The number of nitrogens with one attached hydrogen (secondary N) is 1. The van der Waals surface area contributed by atoms with Gasteiger partial charge in [0.2, 0.25) is 0 Å². The molecule has 6 nitrogen and oxygen atoms in total. The van der Waals surface area contributed by atoms with E-state index in [2.05, 4.69) is 10.1 Å². The van der Waals surface area contributed by atoms with Gasteiger partial charge in [0.15, 0.2) is 0 Å². The minimum atomic E-state index is -0.474. The van der Waals surface area contributed by atoms with Gasteiger partial charge in [-0.2, -0.15) is 0 Å². The van der Waals surface area contributed by atoms with Gasteiger partial charge in [0.05, 0.1) is 18.7 Å². The lowest BCUT2D eigenvalue weighted by Crippen LogP contribution is -2.38. The number of nitrogens with two attached hydrogens (primary N) is 1. The third-order valence-electron chi connectivity index (χ3n) is 3.17. The molecule has 1 atom stereocenters. The van der Waals surface area contributed by atoms with Crippen molar-refractivity contribution in [3.8, 4) is 0 Å². The normalized spacial score (nSPS) is 18.2. The fourth-order valence-electron chi connectivity index (χ4n) is 2.15. The van der Waals surface area contributed by atoms with Crippen molar-refractivity contribution in [3.05, 3.63) is 29.8 Å². The molecule has 1 saturated heterocycles. The number of nitrogens with zero attached hydrogens (tertiary/aromatic N) is 1. The molecule has 2 amide bonds. The zero-order valence-corrected chi connectivity index (χ0v) is 10.8. The first-order chi connectivity index (χ1) is 9.11. The molecule has 1 fully saturated rings. The second-order valence-electron chi connectivity index (χ2n) is 4.46. The first kappa shape index (κ1) is 13.2. The highest BCUT2D eigenvalue weighted by Crippen LogP contribution is 2.17. The van der Waals surface area contributed by atoms with Gasteiger partial charge >= 0.3 is 6.09 Å². The van der Waals surface area contributed by atoms with Gasteiger partial charge in [-0.25, -0.2) is 4.79 Å². The Kier molecular flexibility index (Phi) is 3.89. The van der Waals surface area contributed by atoms with Crippen LogP contribution >= 0.6 is 0 Å². The van der Waals surface area contributed by atoms with E-state index in [1.165, 1.54) is 7.11 Å². The van der Waals surface area contributed by atoms with Crippen molar-refractivity contribution in [1.29, 1.82) is 0 Å². The van der Waals surface area contributed by atoms with Crippen LogP contribution in [-0.2, 0) is 4.74 Å². The number of amides is 2. The van der Waals surface area contributed by atoms with Gasteiger partial charge in [-0.3, -0.25) is 4.79 Å². The van der Waals surface area contributed by atoms with Crippen LogP contribution in [0.25, 0.3) is 0 Å². The zero-order chi connectivity index (χ0) is 13.8. The Bertz CT molecular complexity index is 490. The largest absolute Gasteiger partial charge is 0.453 e. The van der Waals surface area contributed by atoms with Gasteiger partial charge in [0.1, 0.15) is 0 Å². The molecule has 3 N–H and O–H groups in total. The number of ether oxygens (including phenoxy) is 1. The Morgan fingerprint density at radius 2 is 2.16 bits per heavy atom. The molecule has 0 bridgehead atoms. The molecule has 2 rings (SSSR count). The van der Waals surface area contributed by atoms with Crippen molar-refractivity contribution in [1.82, 2.24) is 10.2 Å². The van der Waals surface area contributed by atoms with Gasteiger partial charge in [0.25, 0.3) is 5.91 Å². The van der Waals surface area contributed by atoms with Crippen molar-refractivity contribution in [2.45, 2.75) is 12.5 Å². The molecule has 0 aliphatic carbocycles. The molecular formula is C13H17N3O3. The van der Waals surface area contributed by atoms with Gasteiger partial charge in [-0.1, -0.05) is 12.1 Å². The zero-order valence-electron chi connectivity index (χ0n) is 10.8. The van der Waals surface area contributed by atoms with Gasteiger partial charge in [-0.15, -0.1) is 0 Å². The summed E-state index contributed by atoms with van der Waals surface area (Å²) in [4.78, 5) is 25.1. The summed E-state index contributed by atoms with van der Waals surface area (Å²) in [7, 11) is 1.32. The van der Waals surface area contributed by atoms with E-state index in [4.69, 9.17) is 5.73 Å². The number of benzene rings is 1. The van der Waals surface area contributed by atoms with Crippen molar-refractivity contribution in [2.75, 3.05) is 25.9 Å². The molecule has 1 heterocycles. The Balaban J connectivity index is 1.99. The smallest absolute Gasteiger partial charge is 0.407 e. The quantitative estimate of drug-likeness (QED) is 0.774. The lowest BCUT2D eigenvalue weighted by atomic mass is 10.1. The summed E-state index contributed by atoms with van der Waals surface area (Å²) < 4.78 is 4.54. The summed E-state index contributed by atoms with van der Waals surface area (Å²) in [5.74, 6) is -0.104. The molecule has 19 heavy (non-hydrogen) atoms. The number of likely N-dealkylation sites (tertiary alicyclic amines) is 1. The molecule has 0 radical (unpaired) electrons. The minimum absolute atomic E-state index is 0.0682. The topological polar surface area (TPSA) is 84.7 Å². The maximum absolute atomic E-state index is 12.3. The fraction of sp³-hybridized carbons (Fsp3) is 0.385. The highest BCUT2D eigenvalue weighted by Gasteiger charge is 2.28. The number of rotatable bonds is 2. The maximum atomic E-state index is 12.3. The number of nitrogen functional groups attached to an aromatic ring is 1. The van der Waals surface area contributed by atoms with Crippen molar-refractivity contribution in [2.24, 2.45) is 0 Å². The number of anilines is 1. The predicted octanol–water partition coefficient (Wildman–Crippen LogP) is 0.839. The lowest BCUT2D eigenvalue weighted by Gasteiger charge is -2.17. The highest BCUT2D eigenvalue weighted by atomic mass is 16.5. The molecule has 1 aliphatic heterocycles. The fourth-order valence-corrected chi connectivity index (χ4v) is 2.15. The molecule has 6 heteroatoms. The van der Waals surface area contributed by atoms with E-state index in [0.717, 1.165) is 0 Å². The number of carbonyl (C=O) groups is 2. The van der Waals surface area contributed by atoms with E-state index in [-0.39, 0.29) is 11.9 Å². The van der Waals surface area contributed by atoms with Crippen LogP contribution in [0.5, 0.6) is 0 Å². The average Bonchev–Trinajstić information content (AvgIpc) is 2.87. The number of methoxy groups -OCH3 is 1. The predicted molar refractivity (Wildman–Crippen MR) is 70.7 cm³/mol. The highest BCUT2D eigenvalue weighted by molar-refractivity contribution is 5.99. The summed E-state index contributed by atoms with van der Waals surface area (Å²) in [5.41, 5.74) is 6.76. The third-order valence-corrected chi connectivity index (χ3v) is 3.17. The third kappa shape index (κ3) is 2.96. The van der Waals surface area contributed by atoms with E-state index in [1.807, 2.05) is 0 Å². The van der Waals surface area contributed by atoms with Crippen molar-refractivity contribution < 1.29 is 14.3 Å². The van der Waals surface area contributed by atoms with Crippen LogP contribution in [0.15, 0.2) is 24.3 Å². The van der Waals surface area contributed by atoms with Crippen LogP contribution in [0.1, 0.15) is 16.8 Å².